The van der Waals surface area contributed by atoms with Gasteiger partial charge in [0.15, 0.2) is 0 Å². The summed E-state index contributed by atoms with van der Waals surface area (Å²) in [6, 6.07) is 1.97. The molecule has 0 saturated heterocycles. The third-order valence-electron chi connectivity index (χ3n) is 2.45. The average Bonchev–Trinajstić information content (AvgIpc) is 2.26. The molecule has 0 radical (unpaired) electrons. The van der Waals surface area contributed by atoms with Gasteiger partial charge in [0.1, 0.15) is 5.92 Å². The Hall–Kier alpha value is -1.57. The molecule has 102 valence electrons. The molecule has 0 bridgehead atoms. The number of carbonyl (C=O) groups excluding carboxylic acids is 2. The van der Waals surface area contributed by atoms with Gasteiger partial charge < -0.3 is 10.6 Å². The zero-order valence-electron chi connectivity index (χ0n) is 11.6. The van der Waals surface area contributed by atoms with E-state index in [9.17, 15) is 9.59 Å². The fourth-order valence-electron chi connectivity index (χ4n) is 1.33. The minimum Gasteiger partial charge on any atom is -0.356 e. The highest BCUT2D eigenvalue weighted by molar-refractivity contribution is 5.82. The summed E-state index contributed by atoms with van der Waals surface area (Å²) in [5.74, 6) is -0.646. The highest BCUT2D eigenvalue weighted by Gasteiger charge is 2.21. The van der Waals surface area contributed by atoms with Crippen molar-refractivity contribution in [3.05, 3.63) is 0 Å². The zero-order chi connectivity index (χ0) is 14.1. The summed E-state index contributed by atoms with van der Waals surface area (Å²) >= 11 is 0. The molecule has 0 aliphatic carbocycles. The van der Waals surface area contributed by atoms with Crippen LogP contribution in [0.2, 0.25) is 0 Å². The molecule has 0 aliphatic heterocycles. The normalized spacial score (nSPS) is 12.1. The summed E-state index contributed by atoms with van der Waals surface area (Å²) in [7, 11) is 0. The quantitative estimate of drug-likeness (QED) is 0.711. The van der Waals surface area contributed by atoms with Crippen molar-refractivity contribution < 1.29 is 9.59 Å². The Bertz CT molecular complexity index is 319. The standard InChI is InChI=1S/C13H23N3O2/c1-9(2)8-16-12(17)5-6-15-13(18)11(7-14)10(3)4/h9-11H,5-6,8H2,1-4H3,(H,15,18)(H,16,17). The Kier molecular flexibility index (Phi) is 7.77. The number of rotatable bonds is 7. The third-order valence-corrected chi connectivity index (χ3v) is 2.45. The molecule has 0 heterocycles. The largest absolute Gasteiger partial charge is 0.356 e. The first kappa shape index (κ1) is 16.4. The molecule has 5 nitrogen and oxygen atoms in total. The molecule has 0 aromatic carbocycles. The second-order valence-electron chi connectivity index (χ2n) is 5.09. The summed E-state index contributed by atoms with van der Waals surface area (Å²) in [6.45, 7) is 8.59. The van der Waals surface area contributed by atoms with E-state index in [0.717, 1.165) is 0 Å². The smallest absolute Gasteiger partial charge is 0.237 e. The van der Waals surface area contributed by atoms with Crippen molar-refractivity contribution >= 4 is 11.8 Å². The van der Waals surface area contributed by atoms with Crippen molar-refractivity contribution in [3.63, 3.8) is 0 Å². The lowest BCUT2D eigenvalue weighted by molar-refractivity contribution is -0.124. The van der Waals surface area contributed by atoms with E-state index in [1.54, 1.807) is 0 Å². The fraction of sp³-hybridized carbons (Fsp3) is 0.769. The molecule has 1 unspecified atom stereocenters. The molecule has 0 saturated carbocycles. The van der Waals surface area contributed by atoms with Crippen LogP contribution in [0.4, 0.5) is 0 Å². The lowest BCUT2D eigenvalue weighted by Crippen LogP contribution is -2.36. The van der Waals surface area contributed by atoms with Gasteiger partial charge in [-0.1, -0.05) is 27.7 Å². The lowest BCUT2D eigenvalue weighted by Gasteiger charge is -2.13. The molecule has 18 heavy (non-hydrogen) atoms. The Labute approximate surface area is 109 Å². The van der Waals surface area contributed by atoms with Crippen LogP contribution in [-0.2, 0) is 9.59 Å². The van der Waals surface area contributed by atoms with E-state index >= 15 is 0 Å². The fourth-order valence-corrected chi connectivity index (χ4v) is 1.33. The van der Waals surface area contributed by atoms with Crippen LogP contribution in [0.5, 0.6) is 0 Å². The summed E-state index contributed by atoms with van der Waals surface area (Å²) in [4.78, 5) is 23.0. The number of nitriles is 1. The number of nitrogens with one attached hydrogen (secondary N) is 2. The van der Waals surface area contributed by atoms with Crippen molar-refractivity contribution in [3.8, 4) is 6.07 Å². The van der Waals surface area contributed by atoms with Gasteiger partial charge in [-0.2, -0.15) is 5.26 Å². The SMILES string of the molecule is CC(C)CNC(=O)CCNC(=O)C(C#N)C(C)C. The summed E-state index contributed by atoms with van der Waals surface area (Å²) in [5.41, 5.74) is 0. The summed E-state index contributed by atoms with van der Waals surface area (Å²) in [6.07, 6.45) is 0.245. The van der Waals surface area contributed by atoms with Gasteiger partial charge in [-0.05, 0) is 11.8 Å². The van der Waals surface area contributed by atoms with Gasteiger partial charge in [0.05, 0.1) is 6.07 Å². The van der Waals surface area contributed by atoms with Crippen LogP contribution in [0.15, 0.2) is 0 Å². The van der Waals surface area contributed by atoms with E-state index in [2.05, 4.69) is 10.6 Å². The molecule has 0 aromatic heterocycles. The molecule has 2 N–H and O–H groups in total. The maximum atomic E-state index is 11.6. The molecule has 0 aliphatic rings. The average molecular weight is 253 g/mol. The number of hydrogen-bond acceptors (Lipinski definition) is 3. The van der Waals surface area contributed by atoms with E-state index in [-0.39, 0.29) is 30.7 Å². The van der Waals surface area contributed by atoms with Gasteiger partial charge in [-0.3, -0.25) is 9.59 Å². The number of nitrogens with zero attached hydrogens (tertiary/aromatic N) is 1. The maximum Gasteiger partial charge on any atom is 0.237 e. The van der Waals surface area contributed by atoms with Gasteiger partial charge in [0.25, 0.3) is 0 Å². The van der Waals surface area contributed by atoms with E-state index in [1.165, 1.54) is 0 Å². The predicted molar refractivity (Wildman–Crippen MR) is 69.4 cm³/mol. The van der Waals surface area contributed by atoms with E-state index in [0.29, 0.717) is 12.5 Å². The summed E-state index contributed by atoms with van der Waals surface area (Å²) < 4.78 is 0. The molecule has 2 amide bonds. The Morgan fingerprint density at radius 2 is 1.78 bits per heavy atom. The second-order valence-corrected chi connectivity index (χ2v) is 5.09. The Morgan fingerprint density at radius 3 is 2.22 bits per heavy atom. The topological polar surface area (TPSA) is 82.0 Å². The molecule has 0 spiro atoms. The zero-order valence-corrected chi connectivity index (χ0v) is 11.6. The molecule has 0 aromatic rings. The lowest BCUT2D eigenvalue weighted by atomic mass is 9.97. The first-order valence-corrected chi connectivity index (χ1v) is 6.32. The van der Waals surface area contributed by atoms with E-state index in [1.807, 2.05) is 33.8 Å². The minimum atomic E-state index is -0.649. The first-order valence-electron chi connectivity index (χ1n) is 6.32. The molecule has 1 atom stereocenters. The Balaban J connectivity index is 3.87. The first-order chi connectivity index (χ1) is 8.38. The number of amides is 2. The third kappa shape index (κ3) is 6.89. The van der Waals surface area contributed by atoms with Crippen molar-refractivity contribution in [2.45, 2.75) is 34.1 Å². The van der Waals surface area contributed by atoms with Crippen molar-refractivity contribution in [1.29, 1.82) is 5.26 Å². The Morgan fingerprint density at radius 1 is 1.17 bits per heavy atom. The van der Waals surface area contributed by atoms with Crippen LogP contribution < -0.4 is 10.6 Å². The van der Waals surface area contributed by atoms with Crippen LogP contribution in [0, 0.1) is 29.1 Å². The van der Waals surface area contributed by atoms with E-state index < -0.39 is 5.92 Å². The second kappa shape index (κ2) is 8.51. The van der Waals surface area contributed by atoms with Gasteiger partial charge in [0.2, 0.25) is 11.8 Å². The monoisotopic (exact) mass is 253 g/mol. The minimum absolute atomic E-state index is 0.0234. The van der Waals surface area contributed by atoms with E-state index in [4.69, 9.17) is 5.26 Å². The van der Waals surface area contributed by atoms with Gasteiger partial charge in [-0.25, -0.2) is 0 Å². The molecule has 0 rings (SSSR count). The van der Waals surface area contributed by atoms with Crippen molar-refractivity contribution in [1.82, 2.24) is 10.6 Å². The van der Waals surface area contributed by atoms with Crippen LogP contribution in [0.3, 0.4) is 0 Å². The van der Waals surface area contributed by atoms with Gasteiger partial charge in [-0.15, -0.1) is 0 Å². The number of carbonyl (C=O) groups is 2. The molecular formula is C13H23N3O2. The van der Waals surface area contributed by atoms with Crippen LogP contribution in [-0.4, -0.2) is 24.9 Å². The molecular weight excluding hydrogens is 230 g/mol. The highest BCUT2D eigenvalue weighted by Crippen LogP contribution is 2.08. The van der Waals surface area contributed by atoms with Crippen LogP contribution in [0.1, 0.15) is 34.1 Å². The van der Waals surface area contributed by atoms with Gasteiger partial charge >= 0.3 is 0 Å². The molecule has 0 fully saturated rings. The molecule has 5 heteroatoms. The number of hydrogen-bond donors (Lipinski definition) is 2. The highest BCUT2D eigenvalue weighted by atomic mass is 16.2. The predicted octanol–water partition coefficient (Wildman–Crippen LogP) is 1.06. The summed E-state index contributed by atoms with van der Waals surface area (Å²) in [5, 5.41) is 14.2. The van der Waals surface area contributed by atoms with Gasteiger partial charge in [0, 0.05) is 19.5 Å². The van der Waals surface area contributed by atoms with Crippen molar-refractivity contribution in [2.24, 2.45) is 17.8 Å². The maximum absolute atomic E-state index is 11.6. The van der Waals surface area contributed by atoms with Crippen LogP contribution >= 0.6 is 0 Å². The van der Waals surface area contributed by atoms with Crippen LogP contribution in [0.25, 0.3) is 0 Å². The van der Waals surface area contributed by atoms with Crippen molar-refractivity contribution in [2.75, 3.05) is 13.1 Å².